The number of carboxylic acid groups (broad SMARTS) is 2. The Hall–Kier alpha value is 0.150. The number of hydrogen-bond acceptors (Lipinski definition) is 5. The van der Waals surface area contributed by atoms with E-state index < -0.39 is 30.3 Å². The van der Waals surface area contributed by atoms with Gasteiger partial charge < -0.3 is 20.1 Å². The van der Waals surface area contributed by atoms with Crippen LogP contribution in [0.4, 0.5) is 0 Å². The smallest absolute Gasteiger partial charge is 0.859 e. The van der Waals surface area contributed by atoms with Crippen molar-refractivity contribution in [3.63, 3.8) is 0 Å². The zero-order valence-corrected chi connectivity index (χ0v) is 13.3. The summed E-state index contributed by atoms with van der Waals surface area (Å²) >= 11 is 0. The van der Waals surface area contributed by atoms with Crippen LogP contribution < -0.4 is 69.3 Å². The Kier molecular flexibility index (Phi) is 15.6. The average Bonchev–Trinajstić information content (AvgIpc) is 2.10. The van der Waals surface area contributed by atoms with Crippen molar-refractivity contribution >= 4 is 17.8 Å². The van der Waals surface area contributed by atoms with Crippen LogP contribution in [0.15, 0.2) is 17.6 Å². The quantitative estimate of drug-likeness (QED) is 0.283. The Balaban J connectivity index is -0.000000845. The summed E-state index contributed by atoms with van der Waals surface area (Å²) in [5.41, 5.74) is 0. The molecular formula is C8H9NNa2O5. The molecule has 6 nitrogen and oxygen atoms in total. The van der Waals surface area contributed by atoms with E-state index in [0.717, 1.165) is 6.08 Å². The molecule has 0 amide bonds. The topological polar surface area (TPSA) is 113 Å². The molecule has 0 aromatic heterocycles. The van der Waals surface area contributed by atoms with Gasteiger partial charge in [-0.15, -0.1) is 0 Å². The largest absolute Gasteiger partial charge is 1.00 e. The molecule has 0 aromatic carbocycles. The number of carbonyl (C=O) groups excluding carboxylic acids is 1. The van der Waals surface area contributed by atoms with Crippen molar-refractivity contribution in [3.05, 3.63) is 12.7 Å². The van der Waals surface area contributed by atoms with E-state index in [-0.39, 0.29) is 65.5 Å². The van der Waals surface area contributed by atoms with Gasteiger partial charge in [0, 0.05) is 5.97 Å². The average molecular weight is 245 g/mol. The third kappa shape index (κ3) is 10.7. The molecule has 0 bridgehead atoms. The standard InChI is InChI=1S/C8H11NO5.2Na/c1-2-6(10)9-5(8(13)14)3-4-7(11)12;;/h2,5H,1,3-4H2,(H,9,10)(H,11,12)(H,13,14);;/q;2*+1/p-2. The van der Waals surface area contributed by atoms with Crippen LogP contribution in [0.1, 0.15) is 12.8 Å². The van der Waals surface area contributed by atoms with Crippen molar-refractivity contribution < 1.29 is 84.0 Å². The number of hydrogen-bond donors (Lipinski definition) is 1. The van der Waals surface area contributed by atoms with E-state index >= 15 is 0 Å². The minimum atomic E-state index is -1.38. The van der Waals surface area contributed by atoms with Crippen molar-refractivity contribution in [3.8, 4) is 0 Å². The summed E-state index contributed by atoms with van der Waals surface area (Å²) in [5, 5.41) is 29.2. The van der Waals surface area contributed by atoms with Gasteiger partial charge in [-0.05, 0) is 18.7 Å². The Morgan fingerprint density at radius 2 is 1.88 bits per heavy atom. The van der Waals surface area contributed by atoms with E-state index in [9.17, 15) is 19.8 Å². The van der Waals surface area contributed by atoms with Crippen LogP contribution in [0, 0.1) is 0 Å². The first-order valence-electron chi connectivity index (χ1n) is 3.77. The molecule has 1 unspecified atom stereocenters. The minimum Gasteiger partial charge on any atom is -0.859 e. The maximum atomic E-state index is 10.7. The second-order valence-electron chi connectivity index (χ2n) is 2.44. The Bertz CT molecular complexity index is 280. The van der Waals surface area contributed by atoms with Crippen molar-refractivity contribution in [1.29, 1.82) is 0 Å². The number of carboxylic acids is 2. The maximum absolute atomic E-state index is 10.7. The van der Waals surface area contributed by atoms with Gasteiger partial charge in [-0.2, -0.15) is 0 Å². The predicted octanol–water partition coefficient (Wildman–Crippen LogP) is -8.08. The fourth-order valence-corrected chi connectivity index (χ4v) is 0.704. The van der Waals surface area contributed by atoms with Gasteiger partial charge in [-0.25, -0.2) is 4.79 Å². The second kappa shape index (κ2) is 11.6. The first-order valence-corrected chi connectivity index (χ1v) is 3.77. The molecule has 0 aliphatic carbocycles. The summed E-state index contributed by atoms with van der Waals surface area (Å²) in [4.78, 5) is 23.7. The van der Waals surface area contributed by atoms with Crippen molar-refractivity contribution in [1.82, 2.24) is 0 Å². The number of nitrogens with zero attached hydrogens (tertiary/aromatic N) is 1. The summed E-state index contributed by atoms with van der Waals surface area (Å²) in [7, 11) is 0. The van der Waals surface area contributed by atoms with Gasteiger partial charge in [0.1, 0.15) is 6.04 Å². The molecule has 16 heavy (non-hydrogen) atoms. The molecular weight excluding hydrogens is 236 g/mol. The molecule has 0 saturated carbocycles. The van der Waals surface area contributed by atoms with Gasteiger partial charge in [0.05, 0.1) is 0 Å². The molecule has 0 heterocycles. The molecule has 0 aliphatic heterocycles. The van der Waals surface area contributed by atoms with Crippen LogP contribution in [0.2, 0.25) is 0 Å². The summed E-state index contributed by atoms with van der Waals surface area (Å²) in [6, 6.07) is -1.35. The Morgan fingerprint density at radius 3 is 2.19 bits per heavy atom. The summed E-state index contributed by atoms with van der Waals surface area (Å²) in [5.74, 6) is -3.50. The SMILES string of the molecule is C=CC([O-])=NC(CCC(=O)[O-])C(=O)O.[Na+].[Na+]. The molecule has 0 radical (unpaired) electrons. The van der Waals surface area contributed by atoms with Crippen molar-refractivity contribution in [2.75, 3.05) is 0 Å². The second-order valence-corrected chi connectivity index (χ2v) is 2.44. The zero-order chi connectivity index (χ0) is 11.1. The van der Waals surface area contributed by atoms with Crippen LogP contribution >= 0.6 is 0 Å². The van der Waals surface area contributed by atoms with Gasteiger partial charge in [-0.3, -0.25) is 4.99 Å². The molecule has 1 N–H and O–H groups in total. The first kappa shape index (κ1) is 21.4. The summed E-state index contributed by atoms with van der Waals surface area (Å²) in [6.07, 6.45) is 0.136. The Morgan fingerprint density at radius 1 is 1.38 bits per heavy atom. The molecule has 0 rings (SSSR count). The first-order chi connectivity index (χ1) is 6.47. The van der Waals surface area contributed by atoms with Gasteiger partial charge in [-0.1, -0.05) is 12.7 Å². The monoisotopic (exact) mass is 245 g/mol. The van der Waals surface area contributed by atoms with Crippen molar-refractivity contribution in [2.45, 2.75) is 18.9 Å². The van der Waals surface area contributed by atoms with E-state index in [1.165, 1.54) is 0 Å². The minimum absolute atomic E-state index is 0. The molecule has 1 atom stereocenters. The summed E-state index contributed by atoms with van der Waals surface area (Å²) < 4.78 is 0. The molecule has 78 valence electrons. The molecule has 0 fully saturated rings. The molecule has 8 heteroatoms. The Labute approximate surface area is 137 Å². The van der Waals surface area contributed by atoms with E-state index in [2.05, 4.69) is 11.6 Å². The van der Waals surface area contributed by atoms with Gasteiger partial charge in [0.15, 0.2) is 0 Å². The van der Waals surface area contributed by atoms with Crippen LogP contribution in [-0.2, 0) is 9.59 Å². The van der Waals surface area contributed by atoms with Crippen molar-refractivity contribution in [2.24, 2.45) is 4.99 Å². The molecule has 0 saturated heterocycles. The van der Waals surface area contributed by atoms with Crippen LogP contribution in [0.5, 0.6) is 0 Å². The van der Waals surface area contributed by atoms with Gasteiger partial charge >= 0.3 is 65.1 Å². The van der Waals surface area contributed by atoms with E-state index in [0.29, 0.717) is 0 Å². The van der Waals surface area contributed by atoms with Gasteiger partial charge in [0.25, 0.3) is 0 Å². The number of aliphatic imine (C=N–C) groups is 1. The number of aliphatic carboxylic acids is 2. The van der Waals surface area contributed by atoms with E-state index in [1.807, 2.05) is 0 Å². The van der Waals surface area contributed by atoms with Crippen LogP contribution in [0.3, 0.4) is 0 Å². The van der Waals surface area contributed by atoms with Crippen LogP contribution in [-0.4, -0.2) is 29.0 Å². The maximum Gasteiger partial charge on any atom is 1.00 e. The number of carbonyl (C=O) groups is 2. The van der Waals surface area contributed by atoms with E-state index in [4.69, 9.17) is 5.11 Å². The van der Waals surface area contributed by atoms with Crippen LogP contribution in [0.25, 0.3) is 0 Å². The predicted molar refractivity (Wildman–Crippen MR) is 43.3 cm³/mol. The number of rotatable bonds is 6. The fourth-order valence-electron chi connectivity index (χ4n) is 0.704. The zero-order valence-electron chi connectivity index (χ0n) is 9.30. The third-order valence-electron chi connectivity index (χ3n) is 1.36. The van der Waals surface area contributed by atoms with E-state index in [1.54, 1.807) is 0 Å². The normalized spacial score (nSPS) is 11.6. The third-order valence-corrected chi connectivity index (χ3v) is 1.36. The summed E-state index contributed by atoms with van der Waals surface area (Å²) in [6.45, 7) is 3.10. The fraction of sp³-hybridized carbons (Fsp3) is 0.375. The molecule has 0 spiro atoms. The molecule has 0 aliphatic rings. The molecule has 0 aromatic rings. The van der Waals surface area contributed by atoms with Gasteiger partial charge in [0.2, 0.25) is 0 Å².